The zero-order valence-electron chi connectivity index (χ0n) is 14.6. The fraction of sp³-hybridized carbons (Fsp3) is 0.700. The van der Waals surface area contributed by atoms with Gasteiger partial charge in [-0.15, -0.1) is 0 Å². The molecule has 1 fully saturated rings. The molecule has 0 bridgehead atoms. The van der Waals surface area contributed by atoms with Crippen LogP contribution in [0.5, 0.6) is 5.75 Å². The minimum Gasteiger partial charge on any atom is -0.489 e. The molecule has 1 aromatic carbocycles. The van der Waals surface area contributed by atoms with E-state index in [2.05, 4.69) is 50.4 Å². The molecule has 0 saturated heterocycles. The van der Waals surface area contributed by atoms with Gasteiger partial charge in [0, 0.05) is 12.6 Å². The van der Waals surface area contributed by atoms with Crippen molar-refractivity contribution in [3.05, 3.63) is 29.8 Å². The molecule has 1 aliphatic carbocycles. The van der Waals surface area contributed by atoms with E-state index >= 15 is 0 Å². The highest BCUT2D eigenvalue weighted by Gasteiger charge is 2.17. The maximum atomic E-state index is 6.35. The van der Waals surface area contributed by atoms with Crippen molar-refractivity contribution in [1.29, 1.82) is 0 Å². The Hall–Kier alpha value is -1.02. The normalized spacial score (nSPS) is 18.9. The van der Waals surface area contributed by atoms with E-state index in [1.807, 2.05) is 0 Å². The molecule has 0 spiro atoms. The van der Waals surface area contributed by atoms with Crippen LogP contribution < -0.4 is 10.1 Å². The van der Waals surface area contributed by atoms with Crippen molar-refractivity contribution in [2.75, 3.05) is 6.54 Å². The Kier molecular flexibility index (Phi) is 7.24. The van der Waals surface area contributed by atoms with Crippen LogP contribution in [0.4, 0.5) is 0 Å². The Balaban J connectivity index is 1.92. The van der Waals surface area contributed by atoms with Crippen LogP contribution >= 0.6 is 0 Å². The van der Waals surface area contributed by atoms with Gasteiger partial charge in [0.15, 0.2) is 0 Å². The Morgan fingerprint density at radius 1 is 1.09 bits per heavy atom. The number of benzene rings is 1. The Morgan fingerprint density at radius 3 is 2.50 bits per heavy atom. The Labute approximate surface area is 136 Å². The molecule has 2 unspecified atom stereocenters. The summed E-state index contributed by atoms with van der Waals surface area (Å²) in [6.07, 6.45) is 9.31. The number of hydrogen-bond acceptors (Lipinski definition) is 2. The smallest absolute Gasteiger partial charge is 0.123 e. The fourth-order valence-electron chi connectivity index (χ4n) is 3.27. The molecular formula is C20H33NO. The third kappa shape index (κ3) is 5.01. The number of nitrogens with one attached hydrogen (secondary N) is 1. The number of ether oxygens (including phenoxy) is 1. The SMILES string of the molecule is CCC(CNC1CCCCC1)Oc1ccccc1C(C)CC. The quantitative estimate of drug-likeness (QED) is 0.705. The van der Waals surface area contributed by atoms with Crippen LogP contribution in [0.25, 0.3) is 0 Å². The molecular weight excluding hydrogens is 270 g/mol. The van der Waals surface area contributed by atoms with Crippen LogP contribution in [-0.4, -0.2) is 18.7 Å². The van der Waals surface area contributed by atoms with Crippen LogP contribution in [0.2, 0.25) is 0 Å². The summed E-state index contributed by atoms with van der Waals surface area (Å²) in [5.74, 6) is 1.63. The molecule has 0 radical (unpaired) electrons. The van der Waals surface area contributed by atoms with E-state index < -0.39 is 0 Å². The second kappa shape index (κ2) is 9.19. The van der Waals surface area contributed by atoms with Crippen LogP contribution in [0.3, 0.4) is 0 Å². The zero-order chi connectivity index (χ0) is 15.8. The van der Waals surface area contributed by atoms with Crippen molar-refractivity contribution >= 4 is 0 Å². The first-order chi connectivity index (χ1) is 10.7. The van der Waals surface area contributed by atoms with E-state index in [0.717, 1.165) is 25.1 Å². The average molecular weight is 303 g/mol. The summed E-state index contributed by atoms with van der Waals surface area (Å²) >= 11 is 0. The summed E-state index contributed by atoms with van der Waals surface area (Å²) in [7, 11) is 0. The number of hydrogen-bond donors (Lipinski definition) is 1. The van der Waals surface area contributed by atoms with Crippen LogP contribution in [0.15, 0.2) is 24.3 Å². The molecule has 0 amide bonds. The van der Waals surface area contributed by atoms with Gasteiger partial charge in [-0.1, -0.05) is 58.2 Å². The van der Waals surface area contributed by atoms with E-state index in [9.17, 15) is 0 Å². The number of rotatable bonds is 8. The van der Waals surface area contributed by atoms with Gasteiger partial charge in [0.1, 0.15) is 11.9 Å². The second-order valence-electron chi connectivity index (χ2n) is 6.74. The largest absolute Gasteiger partial charge is 0.489 e. The summed E-state index contributed by atoms with van der Waals surface area (Å²) in [6.45, 7) is 7.71. The Bertz CT molecular complexity index is 425. The lowest BCUT2D eigenvalue weighted by Crippen LogP contribution is -2.38. The lowest BCUT2D eigenvalue weighted by atomic mass is 9.95. The fourth-order valence-corrected chi connectivity index (χ4v) is 3.27. The summed E-state index contributed by atoms with van der Waals surface area (Å²) in [6, 6.07) is 9.25. The van der Waals surface area contributed by atoms with Gasteiger partial charge in [0.25, 0.3) is 0 Å². The van der Waals surface area contributed by atoms with Crippen molar-refractivity contribution in [1.82, 2.24) is 5.32 Å². The van der Waals surface area contributed by atoms with Gasteiger partial charge in [-0.2, -0.15) is 0 Å². The second-order valence-corrected chi connectivity index (χ2v) is 6.74. The standard InChI is InChI=1S/C20H33NO/c1-4-16(3)19-13-9-10-14-20(19)22-18(5-2)15-21-17-11-7-6-8-12-17/h9-10,13-14,16-18,21H,4-8,11-12,15H2,1-3H3. The van der Waals surface area contributed by atoms with Gasteiger partial charge in [-0.25, -0.2) is 0 Å². The van der Waals surface area contributed by atoms with E-state index in [1.165, 1.54) is 37.7 Å². The monoisotopic (exact) mass is 303 g/mol. The first-order valence-electron chi connectivity index (χ1n) is 9.23. The maximum absolute atomic E-state index is 6.35. The van der Waals surface area contributed by atoms with Crippen molar-refractivity contribution in [2.45, 2.75) is 83.8 Å². The molecule has 124 valence electrons. The van der Waals surface area contributed by atoms with E-state index in [4.69, 9.17) is 4.74 Å². The molecule has 0 aliphatic heterocycles. The van der Waals surface area contributed by atoms with E-state index in [-0.39, 0.29) is 6.10 Å². The molecule has 1 saturated carbocycles. The van der Waals surface area contributed by atoms with Gasteiger partial charge >= 0.3 is 0 Å². The molecule has 2 rings (SSSR count). The summed E-state index contributed by atoms with van der Waals surface area (Å²) < 4.78 is 6.35. The van der Waals surface area contributed by atoms with Crippen molar-refractivity contribution in [3.8, 4) is 5.75 Å². The molecule has 22 heavy (non-hydrogen) atoms. The predicted octanol–water partition coefficient (Wildman–Crippen LogP) is 5.28. The predicted molar refractivity (Wildman–Crippen MR) is 94.7 cm³/mol. The third-order valence-electron chi connectivity index (χ3n) is 5.05. The molecule has 2 nitrogen and oxygen atoms in total. The topological polar surface area (TPSA) is 21.3 Å². The molecule has 0 aromatic heterocycles. The van der Waals surface area contributed by atoms with Crippen LogP contribution in [0.1, 0.15) is 77.2 Å². The highest BCUT2D eigenvalue weighted by Crippen LogP contribution is 2.29. The summed E-state index contributed by atoms with van der Waals surface area (Å²) in [5, 5.41) is 3.73. The van der Waals surface area contributed by atoms with Gasteiger partial charge in [0.05, 0.1) is 0 Å². The third-order valence-corrected chi connectivity index (χ3v) is 5.05. The van der Waals surface area contributed by atoms with Gasteiger partial charge < -0.3 is 10.1 Å². The van der Waals surface area contributed by atoms with Crippen molar-refractivity contribution in [3.63, 3.8) is 0 Å². The molecule has 1 N–H and O–H groups in total. The van der Waals surface area contributed by atoms with E-state index in [0.29, 0.717) is 12.0 Å². The summed E-state index contributed by atoms with van der Waals surface area (Å²) in [5.41, 5.74) is 1.35. The molecule has 1 aromatic rings. The lowest BCUT2D eigenvalue weighted by molar-refractivity contribution is 0.181. The van der Waals surface area contributed by atoms with Gasteiger partial charge in [-0.05, 0) is 43.2 Å². The highest BCUT2D eigenvalue weighted by atomic mass is 16.5. The first kappa shape index (κ1) is 17.3. The minimum atomic E-state index is 0.270. The van der Waals surface area contributed by atoms with E-state index in [1.54, 1.807) is 0 Å². The minimum absolute atomic E-state index is 0.270. The highest BCUT2D eigenvalue weighted by molar-refractivity contribution is 5.36. The number of para-hydroxylation sites is 1. The average Bonchev–Trinajstić information content (AvgIpc) is 2.59. The van der Waals surface area contributed by atoms with Crippen LogP contribution in [-0.2, 0) is 0 Å². The lowest BCUT2D eigenvalue weighted by Gasteiger charge is -2.27. The van der Waals surface area contributed by atoms with Gasteiger partial charge in [0.2, 0.25) is 0 Å². The maximum Gasteiger partial charge on any atom is 0.123 e. The molecule has 2 atom stereocenters. The first-order valence-corrected chi connectivity index (χ1v) is 9.23. The van der Waals surface area contributed by atoms with Crippen molar-refractivity contribution < 1.29 is 4.74 Å². The summed E-state index contributed by atoms with van der Waals surface area (Å²) in [4.78, 5) is 0. The molecule has 0 heterocycles. The van der Waals surface area contributed by atoms with Crippen LogP contribution in [0, 0.1) is 0 Å². The van der Waals surface area contributed by atoms with Crippen molar-refractivity contribution in [2.24, 2.45) is 0 Å². The zero-order valence-corrected chi connectivity index (χ0v) is 14.6. The van der Waals surface area contributed by atoms with Gasteiger partial charge in [-0.3, -0.25) is 0 Å². The molecule has 1 aliphatic rings. The molecule has 2 heteroatoms. The Morgan fingerprint density at radius 2 is 1.82 bits per heavy atom.